The van der Waals surface area contributed by atoms with Crippen molar-refractivity contribution in [3.8, 4) is 5.75 Å². The van der Waals surface area contributed by atoms with Crippen LogP contribution >= 0.6 is 0 Å². The first-order chi connectivity index (χ1) is 15.9. The Hall–Kier alpha value is -2.44. The molecule has 0 aromatic heterocycles. The highest BCUT2D eigenvalue weighted by atomic mass is 32.2. The van der Waals surface area contributed by atoms with Crippen molar-refractivity contribution in [3.63, 3.8) is 0 Å². The van der Waals surface area contributed by atoms with E-state index in [1.54, 1.807) is 4.90 Å². The lowest BCUT2D eigenvalue weighted by Gasteiger charge is -2.39. The zero-order chi connectivity index (χ0) is 24.7. The first-order valence-corrected chi connectivity index (χ1v) is 12.5. The number of hydrogen-bond donors (Lipinski definition) is 0. The molecule has 0 atom stereocenters. The smallest absolute Gasteiger partial charge is 0.416 e. The summed E-state index contributed by atoms with van der Waals surface area (Å²) >= 11 is 0. The Kier molecular flexibility index (Phi) is 6.76. The van der Waals surface area contributed by atoms with Crippen LogP contribution in [0.4, 0.5) is 27.6 Å². The minimum absolute atomic E-state index is 0.233. The Balaban J connectivity index is 1.31. The van der Waals surface area contributed by atoms with Crippen molar-refractivity contribution in [1.29, 1.82) is 0 Å². The van der Waals surface area contributed by atoms with Crippen molar-refractivity contribution in [2.75, 3.05) is 50.4 Å². The lowest BCUT2D eigenvalue weighted by atomic mass is 10.1. The predicted molar refractivity (Wildman–Crippen MR) is 116 cm³/mol. The fraction of sp³-hybridized carbons (Fsp3) is 0.455. The Morgan fingerprint density at radius 1 is 0.971 bits per heavy atom. The first kappa shape index (κ1) is 24.7. The summed E-state index contributed by atoms with van der Waals surface area (Å²) in [7, 11) is -3.31. The van der Waals surface area contributed by atoms with Gasteiger partial charge < -0.3 is 9.64 Å². The quantitative estimate of drug-likeness (QED) is 0.564. The van der Waals surface area contributed by atoms with E-state index >= 15 is 0 Å². The molecule has 2 saturated heterocycles. The third-order valence-electron chi connectivity index (χ3n) is 5.95. The Bertz CT molecular complexity index is 1100. The molecular formula is C22H24F5N3O3S. The Morgan fingerprint density at radius 2 is 1.53 bits per heavy atom. The van der Waals surface area contributed by atoms with Gasteiger partial charge in [0.25, 0.3) is 0 Å². The molecule has 186 valence electrons. The molecule has 0 aliphatic carbocycles. The topological polar surface area (TPSA) is 53.1 Å². The van der Waals surface area contributed by atoms with Crippen LogP contribution in [0.1, 0.15) is 11.1 Å². The van der Waals surface area contributed by atoms with Gasteiger partial charge in [0.2, 0.25) is 10.0 Å². The summed E-state index contributed by atoms with van der Waals surface area (Å²) in [5, 5.41) is 0. The molecule has 2 aliphatic heterocycles. The molecule has 0 amide bonds. The van der Waals surface area contributed by atoms with Gasteiger partial charge in [0.05, 0.1) is 11.8 Å². The molecule has 2 aromatic rings. The molecule has 0 radical (unpaired) electrons. The summed E-state index contributed by atoms with van der Waals surface area (Å²) in [6.45, 7) is 2.27. The van der Waals surface area contributed by atoms with Crippen LogP contribution in [0.5, 0.6) is 5.75 Å². The zero-order valence-corrected chi connectivity index (χ0v) is 19.2. The fourth-order valence-corrected chi connectivity index (χ4v) is 4.90. The van der Waals surface area contributed by atoms with Crippen LogP contribution in [-0.2, 0) is 22.7 Å². The van der Waals surface area contributed by atoms with E-state index in [1.807, 2.05) is 4.90 Å². The third-order valence-corrected chi connectivity index (χ3v) is 7.25. The number of likely N-dealkylation sites (tertiary alicyclic amines) is 1. The second-order valence-electron chi connectivity index (χ2n) is 8.52. The van der Waals surface area contributed by atoms with E-state index in [0.717, 1.165) is 18.4 Å². The van der Waals surface area contributed by atoms with E-state index in [9.17, 15) is 30.4 Å². The highest BCUT2D eigenvalue weighted by Crippen LogP contribution is 2.32. The van der Waals surface area contributed by atoms with Gasteiger partial charge in [0.1, 0.15) is 6.10 Å². The van der Waals surface area contributed by atoms with Crippen molar-refractivity contribution in [3.05, 3.63) is 59.2 Å². The number of rotatable bonds is 6. The van der Waals surface area contributed by atoms with Gasteiger partial charge in [-0.25, -0.2) is 17.2 Å². The van der Waals surface area contributed by atoms with Gasteiger partial charge >= 0.3 is 6.18 Å². The predicted octanol–water partition coefficient (Wildman–Crippen LogP) is 3.33. The molecule has 34 heavy (non-hydrogen) atoms. The molecule has 0 N–H and O–H groups in total. The third kappa shape index (κ3) is 5.61. The SMILES string of the molecule is CS(=O)(=O)N1CCN(c2cc(F)c(OC3CN(Cc4ccc(C(F)(F)F)cc4)C3)c(F)c2)CC1. The summed E-state index contributed by atoms with van der Waals surface area (Å²) in [5.74, 6) is -2.17. The van der Waals surface area contributed by atoms with Crippen LogP contribution in [-0.4, -0.2) is 69.3 Å². The summed E-state index contributed by atoms with van der Waals surface area (Å²) in [6, 6.07) is 7.21. The molecule has 0 unspecified atom stereocenters. The van der Waals surface area contributed by atoms with E-state index < -0.39 is 45.3 Å². The summed E-state index contributed by atoms with van der Waals surface area (Å²) < 4.78 is 97.3. The van der Waals surface area contributed by atoms with Crippen LogP contribution in [0.15, 0.2) is 36.4 Å². The van der Waals surface area contributed by atoms with Crippen LogP contribution in [0, 0.1) is 11.6 Å². The number of ether oxygens (including phenoxy) is 1. The lowest BCUT2D eigenvalue weighted by Crippen LogP contribution is -2.53. The molecule has 2 aliphatic rings. The van der Waals surface area contributed by atoms with Crippen LogP contribution in [0.25, 0.3) is 0 Å². The molecule has 0 saturated carbocycles. The molecule has 2 heterocycles. The second-order valence-corrected chi connectivity index (χ2v) is 10.5. The molecule has 4 rings (SSSR count). The summed E-state index contributed by atoms with van der Waals surface area (Å²) in [6.07, 6.45) is -3.70. The van der Waals surface area contributed by atoms with E-state index in [0.29, 0.717) is 44.0 Å². The van der Waals surface area contributed by atoms with Crippen LogP contribution in [0.3, 0.4) is 0 Å². The number of benzene rings is 2. The van der Waals surface area contributed by atoms with E-state index in [1.165, 1.54) is 28.6 Å². The van der Waals surface area contributed by atoms with Gasteiger partial charge in [0, 0.05) is 63.6 Å². The Labute approximate surface area is 194 Å². The van der Waals surface area contributed by atoms with Crippen LogP contribution in [0.2, 0.25) is 0 Å². The maximum atomic E-state index is 14.6. The van der Waals surface area contributed by atoms with Gasteiger partial charge in [-0.05, 0) is 17.7 Å². The minimum atomic E-state index is -4.39. The van der Waals surface area contributed by atoms with Crippen molar-refractivity contribution in [2.45, 2.75) is 18.8 Å². The van der Waals surface area contributed by atoms with Crippen molar-refractivity contribution in [2.24, 2.45) is 0 Å². The molecule has 0 spiro atoms. The highest BCUT2D eigenvalue weighted by molar-refractivity contribution is 7.88. The van der Waals surface area contributed by atoms with Crippen molar-refractivity contribution >= 4 is 15.7 Å². The average Bonchev–Trinajstić information content (AvgIpc) is 2.73. The number of alkyl halides is 3. The molecule has 12 heteroatoms. The number of hydrogen-bond acceptors (Lipinski definition) is 5. The maximum absolute atomic E-state index is 14.6. The van der Waals surface area contributed by atoms with Crippen molar-refractivity contribution in [1.82, 2.24) is 9.21 Å². The highest BCUT2D eigenvalue weighted by Gasteiger charge is 2.32. The molecule has 6 nitrogen and oxygen atoms in total. The first-order valence-electron chi connectivity index (χ1n) is 10.6. The zero-order valence-electron chi connectivity index (χ0n) is 18.4. The number of anilines is 1. The monoisotopic (exact) mass is 505 g/mol. The fourth-order valence-electron chi connectivity index (χ4n) is 4.07. The minimum Gasteiger partial charge on any atom is -0.482 e. The number of nitrogens with zero attached hydrogens (tertiary/aromatic N) is 3. The molecule has 0 bridgehead atoms. The summed E-state index contributed by atoms with van der Waals surface area (Å²) in [4.78, 5) is 3.62. The Morgan fingerprint density at radius 3 is 2.03 bits per heavy atom. The number of piperazine rings is 1. The second kappa shape index (κ2) is 9.31. The van der Waals surface area contributed by atoms with Crippen LogP contribution < -0.4 is 9.64 Å². The molecule has 2 fully saturated rings. The molecule has 2 aromatic carbocycles. The largest absolute Gasteiger partial charge is 0.482 e. The van der Waals surface area contributed by atoms with Gasteiger partial charge in [-0.3, -0.25) is 4.90 Å². The molecular weight excluding hydrogens is 481 g/mol. The summed E-state index contributed by atoms with van der Waals surface area (Å²) in [5.41, 5.74) is 0.296. The maximum Gasteiger partial charge on any atom is 0.416 e. The van der Waals surface area contributed by atoms with Gasteiger partial charge in [-0.1, -0.05) is 12.1 Å². The van der Waals surface area contributed by atoms with E-state index in [-0.39, 0.29) is 13.1 Å². The van der Waals surface area contributed by atoms with Crippen molar-refractivity contribution < 1.29 is 35.1 Å². The number of halogens is 5. The van der Waals surface area contributed by atoms with Gasteiger partial charge in [-0.2, -0.15) is 17.5 Å². The number of sulfonamides is 1. The lowest BCUT2D eigenvalue weighted by molar-refractivity contribution is -0.137. The van der Waals surface area contributed by atoms with E-state index in [2.05, 4.69) is 0 Å². The average molecular weight is 506 g/mol. The van der Waals surface area contributed by atoms with E-state index in [4.69, 9.17) is 4.74 Å². The standard InChI is InChI=1S/C22H24F5N3O3S/c1-34(31,32)30-8-6-29(7-9-30)17-10-19(23)21(20(24)11-17)33-18-13-28(14-18)12-15-2-4-16(5-3-15)22(25,26)27/h2-5,10-11,18H,6-9,12-14H2,1H3. The normalized spacial score (nSPS) is 18.7. The van der Waals surface area contributed by atoms with Gasteiger partial charge in [0.15, 0.2) is 17.4 Å². The van der Waals surface area contributed by atoms with Gasteiger partial charge in [-0.15, -0.1) is 0 Å².